The van der Waals surface area contributed by atoms with Gasteiger partial charge in [0.25, 0.3) is 0 Å². The number of rotatable bonds is 5. The van der Waals surface area contributed by atoms with Crippen LogP contribution < -0.4 is 11.1 Å². The molecule has 2 fully saturated rings. The first-order valence-electron chi connectivity index (χ1n) is 5.46. The number of hydrogen-bond donors (Lipinski definition) is 2. The summed E-state index contributed by atoms with van der Waals surface area (Å²) in [5, 5.41) is 3.04. The Balaban J connectivity index is 1.95. The molecule has 0 aromatic rings. The second kappa shape index (κ2) is 4.21. The molecule has 1 aliphatic heterocycles. The van der Waals surface area contributed by atoms with Gasteiger partial charge in [0.05, 0.1) is 6.54 Å². The highest BCUT2D eigenvalue weighted by atomic mass is 16.2. The highest BCUT2D eigenvalue weighted by molar-refractivity contribution is 6.02. The van der Waals surface area contributed by atoms with E-state index in [9.17, 15) is 14.4 Å². The fourth-order valence-electron chi connectivity index (χ4n) is 1.77. The van der Waals surface area contributed by atoms with Gasteiger partial charge in [0.2, 0.25) is 17.7 Å². The van der Waals surface area contributed by atoms with Crippen molar-refractivity contribution in [2.45, 2.75) is 37.8 Å². The maximum Gasteiger partial charge on any atom is 0.236 e. The maximum absolute atomic E-state index is 11.4. The Morgan fingerprint density at radius 2 is 1.94 bits per heavy atom. The van der Waals surface area contributed by atoms with Gasteiger partial charge in [-0.2, -0.15) is 0 Å². The topological polar surface area (TPSA) is 92.5 Å². The summed E-state index contributed by atoms with van der Waals surface area (Å²) in [5.74, 6) is -0.943. The first kappa shape index (κ1) is 11.1. The number of likely N-dealkylation sites (tertiary alicyclic amines) is 1. The summed E-state index contributed by atoms with van der Waals surface area (Å²) in [4.78, 5) is 35.0. The first-order valence-corrected chi connectivity index (χ1v) is 5.46. The second-order valence-corrected chi connectivity index (χ2v) is 4.29. The average Bonchev–Trinajstić information content (AvgIpc) is 2.98. The molecule has 1 saturated heterocycles. The number of nitrogens with two attached hydrogens (primary N) is 1. The zero-order valence-electron chi connectivity index (χ0n) is 8.94. The number of amides is 3. The number of primary amides is 1. The van der Waals surface area contributed by atoms with Gasteiger partial charge in [0.15, 0.2) is 0 Å². The maximum atomic E-state index is 11.4. The van der Waals surface area contributed by atoms with Crippen molar-refractivity contribution in [3.05, 3.63) is 0 Å². The zero-order valence-corrected chi connectivity index (χ0v) is 8.94. The fraction of sp³-hybridized carbons (Fsp3) is 0.700. The molecule has 6 nitrogen and oxygen atoms in total. The summed E-state index contributed by atoms with van der Waals surface area (Å²) in [6.07, 6.45) is 2.53. The Labute approximate surface area is 93.1 Å². The lowest BCUT2D eigenvalue weighted by molar-refractivity contribution is -0.139. The van der Waals surface area contributed by atoms with Crippen LogP contribution in [0.4, 0.5) is 0 Å². The van der Waals surface area contributed by atoms with Gasteiger partial charge in [-0.15, -0.1) is 0 Å². The smallest absolute Gasteiger partial charge is 0.236 e. The van der Waals surface area contributed by atoms with E-state index in [1.165, 1.54) is 0 Å². The van der Waals surface area contributed by atoms with Crippen LogP contribution in [0, 0.1) is 0 Å². The van der Waals surface area contributed by atoms with Crippen molar-refractivity contribution < 1.29 is 14.4 Å². The minimum absolute atomic E-state index is 0.0729. The number of hydrogen-bond acceptors (Lipinski definition) is 4. The molecule has 6 heteroatoms. The Morgan fingerprint density at radius 1 is 1.38 bits per heavy atom. The summed E-state index contributed by atoms with van der Waals surface area (Å²) in [5.41, 5.74) is 5.23. The molecule has 3 amide bonds. The van der Waals surface area contributed by atoms with Crippen molar-refractivity contribution in [2.75, 3.05) is 6.54 Å². The van der Waals surface area contributed by atoms with Gasteiger partial charge in [0, 0.05) is 18.9 Å². The predicted molar refractivity (Wildman–Crippen MR) is 55.1 cm³/mol. The average molecular weight is 225 g/mol. The Bertz CT molecular complexity index is 322. The van der Waals surface area contributed by atoms with Gasteiger partial charge < -0.3 is 11.1 Å². The molecule has 0 aromatic carbocycles. The molecular formula is C10H15N3O3. The number of carbonyl (C=O) groups excluding carboxylic acids is 3. The van der Waals surface area contributed by atoms with Crippen LogP contribution >= 0.6 is 0 Å². The van der Waals surface area contributed by atoms with Gasteiger partial charge in [0.1, 0.15) is 6.04 Å². The largest absolute Gasteiger partial charge is 0.368 e. The molecule has 1 heterocycles. The lowest BCUT2D eigenvalue weighted by Gasteiger charge is -2.21. The molecule has 16 heavy (non-hydrogen) atoms. The van der Waals surface area contributed by atoms with Gasteiger partial charge >= 0.3 is 0 Å². The Morgan fingerprint density at radius 3 is 2.38 bits per heavy atom. The van der Waals surface area contributed by atoms with Crippen molar-refractivity contribution in [3.63, 3.8) is 0 Å². The second-order valence-electron chi connectivity index (χ2n) is 4.29. The molecule has 1 atom stereocenters. The number of carbonyl (C=O) groups is 3. The van der Waals surface area contributed by atoms with E-state index in [0.29, 0.717) is 6.04 Å². The molecular weight excluding hydrogens is 210 g/mol. The van der Waals surface area contributed by atoms with E-state index in [2.05, 4.69) is 5.32 Å². The predicted octanol–water partition coefficient (Wildman–Crippen LogP) is -1.26. The van der Waals surface area contributed by atoms with Crippen molar-refractivity contribution in [1.29, 1.82) is 0 Å². The Hall–Kier alpha value is -1.43. The van der Waals surface area contributed by atoms with E-state index >= 15 is 0 Å². The van der Waals surface area contributed by atoms with Crippen LogP contribution in [0.3, 0.4) is 0 Å². The summed E-state index contributed by atoms with van der Waals surface area (Å²) in [6, 6.07) is -0.302. The molecule has 0 spiro atoms. The molecule has 88 valence electrons. The molecule has 1 unspecified atom stereocenters. The van der Waals surface area contributed by atoms with Crippen LogP contribution in [0.1, 0.15) is 25.7 Å². The van der Waals surface area contributed by atoms with Crippen LogP contribution in [0.15, 0.2) is 0 Å². The van der Waals surface area contributed by atoms with Crippen LogP contribution in [-0.2, 0) is 14.4 Å². The van der Waals surface area contributed by atoms with Gasteiger partial charge in [-0.1, -0.05) is 0 Å². The SMILES string of the molecule is NC(=O)C(CN1C(=O)CCC1=O)NC1CC1. The molecule has 3 N–H and O–H groups in total. The van der Waals surface area contributed by atoms with Crippen molar-refractivity contribution in [2.24, 2.45) is 5.73 Å². The summed E-state index contributed by atoms with van der Waals surface area (Å²) < 4.78 is 0. The van der Waals surface area contributed by atoms with E-state index in [-0.39, 0.29) is 31.2 Å². The Kier molecular flexibility index (Phi) is 2.91. The van der Waals surface area contributed by atoms with Gasteiger partial charge in [-0.25, -0.2) is 0 Å². The normalized spacial score (nSPS) is 22.6. The number of imide groups is 1. The molecule has 1 aliphatic carbocycles. The quantitative estimate of drug-likeness (QED) is 0.571. The van der Waals surface area contributed by atoms with E-state index in [1.54, 1.807) is 0 Å². The summed E-state index contributed by atoms with van der Waals surface area (Å²) in [6.45, 7) is 0.0729. The minimum atomic E-state index is -0.613. The zero-order chi connectivity index (χ0) is 11.7. The highest BCUT2D eigenvalue weighted by Crippen LogP contribution is 2.20. The standard InChI is InChI=1S/C10H15N3O3/c11-10(16)7(12-6-1-2-6)5-13-8(14)3-4-9(13)15/h6-7,12H,1-5H2,(H2,11,16). The third kappa shape index (κ3) is 2.38. The lowest BCUT2D eigenvalue weighted by atomic mass is 10.2. The van der Waals surface area contributed by atoms with E-state index in [4.69, 9.17) is 5.73 Å². The number of nitrogens with one attached hydrogen (secondary N) is 1. The van der Waals surface area contributed by atoms with E-state index in [0.717, 1.165) is 17.7 Å². The third-order valence-electron chi connectivity index (χ3n) is 2.88. The number of nitrogens with zero attached hydrogens (tertiary/aromatic N) is 1. The summed E-state index contributed by atoms with van der Waals surface area (Å²) >= 11 is 0. The van der Waals surface area contributed by atoms with Crippen molar-refractivity contribution >= 4 is 17.7 Å². The van der Waals surface area contributed by atoms with Crippen LogP contribution in [0.5, 0.6) is 0 Å². The summed E-state index contributed by atoms with van der Waals surface area (Å²) in [7, 11) is 0. The molecule has 0 aromatic heterocycles. The molecule has 0 radical (unpaired) electrons. The minimum Gasteiger partial charge on any atom is -0.368 e. The van der Waals surface area contributed by atoms with Gasteiger partial charge in [-0.05, 0) is 12.8 Å². The van der Waals surface area contributed by atoms with Crippen LogP contribution in [-0.4, -0.2) is 41.2 Å². The van der Waals surface area contributed by atoms with Crippen molar-refractivity contribution in [3.8, 4) is 0 Å². The van der Waals surface area contributed by atoms with Gasteiger partial charge in [-0.3, -0.25) is 19.3 Å². The molecule has 1 saturated carbocycles. The lowest BCUT2D eigenvalue weighted by Crippen LogP contribution is -2.51. The van der Waals surface area contributed by atoms with E-state index in [1.807, 2.05) is 0 Å². The third-order valence-corrected chi connectivity index (χ3v) is 2.88. The van der Waals surface area contributed by atoms with E-state index < -0.39 is 11.9 Å². The molecule has 2 aliphatic rings. The monoisotopic (exact) mass is 225 g/mol. The fourth-order valence-corrected chi connectivity index (χ4v) is 1.77. The van der Waals surface area contributed by atoms with Crippen LogP contribution in [0.2, 0.25) is 0 Å². The van der Waals surface area contributed by atoms with Crippen molar-refractivity contribution in [1.82, 2.24) is 10.2 Å². The van der Waals surface area contributed by atoms with Crippen LogP contribution in [0.25, 0.3) is 0 Å². The first-order chi connectivity index (χ1) is 7.58. The molecule has 0 bridgehead atoms. The molecule has 2 rings (SSSR count). The highest BCUT2D eigenvalue weighted by Gasteiger charge is 2.34.